The molecule has 36 heavy (non-hydrogen) atoms. The van der Waals surface area contributed by atoms with Gasteiger partial charge in [-0.25, -0.2) is 0 Å². The van der Waals surface area contributed by atoms with Crippen LogP contribution in [0.3, 0.4) is 0 Å². The fourth-order valence-corrected chi connectivity index (χ4v) is 4.09. The minimum absolute atomic E-state index is 0.0204. The molecule has 1 saturated heterocycles. The molecule has 1 atom stereocenters. The zero-order chi connectivity index (χ0) is 25.5. The molecule has 184 valence electrons. The topological polar surface area (TPSA) is 89.0 Å². The zero-order valence-electron chi connectivity index (χ0n) is 20.1. The fourth-order valence-electron chi connectivity index (χ4n) is 4.09. The number of carbonyl (C=O) groups excluding carboxylic acids is 2. The lowest BCUT2D eigenvalue weighted by Gasteiger charge is -2.25. The van der Waals surface area contributed by atoms with Crippen molar-refractivity contribution in [3.63, 3.8) is 0 Å². The molecule has 1 unspecified atom stereocenters. The number of likely N-dealkylation sites (tertiary alicyclic amines) is 1. The number of carbonyl (C=O) groups is 2. The smallest absolute Gasteiger partial charge is 0.295 e. The summed E-state index contributed by atoms with van der Waals surface area (Å²) in [7, 11) is 0. The summed E-state index contributed by atoms with van der Waals surface area (Å²) in [5.41, 5.74) is 1.85. The van der Waals surface area contributed by atoms with E-state index in [1.165, 1.54) is 4.90 Å². The molecule has 2 heterocycles. The number of aliphatic hydroxyl groups excluding tert-OH is 1. The standard InChI is InChI=1S/C29H28N2O5/c1-3-15-35-23-12-10-21(11-13-23)27(32)25-26(22-8-5-9-24(17-22)36-16-4-2)31(29(34)28(25)33)19-20-7-6-14-30-18-20/h4-14,17-18,26,32H,2-3,15-16,19H2,1H3. The first-order valence-corrected chi connectivity index (χ1v) is 11.8. The van der Waals surface area contributed by atoms with Crippen LogP contribution in [0.2, 0.25) is 0 Å². The number of aliphatic hydroxyl groups is 1. The minimum Gasteiger partial charge on any atom is -0.507 e. The molecule has 0 bridgehead atoms. The van der Waals surface area contributed by atoms with Crippen LogP contribution in [0.15, 0.2) is 91.3 Å². The van der Waals surface area contributed by atoms with E-state index < -0.39 is 17.7 Å². The Morgan fingerprint density at radius 3 is 2.58 bits per heavy atom. The Morgan fingerprint density at radius 2 is 1.89 bits per heavy atom. The van der Waals surface area contributed by atoms with Crippen molar-refractivity contribution >= 4 is 17.4 Å². The first-order chi connectivity index (χ1) is 17.5. The Kier molecular flexibility index (Phi) is 7.80. The van der Waals surface area contributed by atoms with Gasteiger partial charge < -0.3 is 19.5 Å². The first-order valence-electron chi connectivity index (χ1n) is 11.8. The van der Waals surface area contributed by atoms with Crippen LogP contribution in [0.4, 0.5) is 0 Å². The molecule has 1 N–H and O–H groups in total. The number of ether oxygens (including phenoxy) is 2. The van der Waals surface area contributed by atoms with Crippen LogP contribution in [0.25, 0.3) is 5.76 Å². The van der Waals surface area contributed by atoms with Gasteiger partial charge in [0.1, 0.15) is 23.9 Å². The fraction of sp³-hybridized carbons (Fsp3) is 0.207. The van der Waals surface area contributed by atoms with Crippen molar-refractivity contribution in [2.75, 3.05) is 13.2 Å². The molecule has 1 fully saturated rings. The van der Waals surface area contributed by atoms with Crippen molar-refractivity contribution in [1.82, 2.24) is 9.88 Å². The summed E-state index contributed by atoms with van der Waals surface area (Å²) in [5.74, 6) is -0.451. The van der Waals surface area contributed by atoms with Gasteiger partial charge in [-0.15, -0.1) is 0 Å². The van der Waals surface area contributed by atoms with E-state index in [1.54, 1.807) is 67.0 Å². The average Bonchev–Trinajstić information content (AvgIpc) is 3.16. The molecule has 1 aliphatic heterocycles. The minimum atomic E-state index is -0.812. The van der Waals surface area contributed by atoms with E-state index >= 15 is 0 Å². The molecule has 1 aliphatic rings. The molecule has 7 nitrogen and oxygen atoms in total. The van der Waals surface area contributed by atoms with Crippen molar-refractivity contribution in [2.24, 2.45) is 0 Å². The highest BCUT2D eigenvalue weighted by Crippen LogP contribution is 2.41. The van der Waals surface area contributed by atoms with Crippen LogP contribution < -0.4 is 9.47 Å². The van der Waals surface area contributed by atoms with Crippen LogP contribution >= 0.6 is 0 Å². The average molecular weight is 485 g/mol. The molecular weight excluding hydrogens is 456 g/mol. The summed E-state index contributed by atoms with van der Waals surface area (Å²) in [5, 5.41) is 11.3. The normalized spacial score (nSPS) is 16.7. The molecule has 0 aliphatic carbocycles. The monoisotopic (exact) mass is 484 g/mol. The van der Waals surface area contributed by atoms with Crippen LogP contribution in [-0.4, -0.2) is 39.9 Å². The van der Waals surface area contributed by atoms with Crippen LogP contribution in [0.1, 0.15) is 36.1 Å². The predicted molar refractivity (Wildman–Crippen MR) is 136 cm³/mol. The number of hydrogen-bond donors (Lipinski definition) is 1. The summed E-state index contributed by atoms with van der Waals surface area (Å²) in [4.78, 5) is 32.1. The summed E-state index contributed by atoms with van der Waals surface area (Å²) < 4.78 is 11.3. The Balaban J connectivity index is 1.79. The quantitative estimate of drug-likeness (QED) is 0.187. The van der Waals surface area contributed by atoms with Crippen molar-refractivity contribution in [1.29, 1.82) is 0 Å². The second-order valence-electron chi connectivity index (χ2n) is 8.33. The lowest BCUT2D eigenvalue weighted by Crippen LogP contribution is -2.29. The molecule has 3 aromatic rings. The Morgan fingerprint density at radius 1 is 1.08 bits per heavy atom. The molecule has 7 heteroatoms. The van der Waals surface area contributed by atoms with E-state index in [1.807, 2.05) is 19.1 Å². The van der Waals surface area contributed by atoms with Crippen molar-refractivity contribution in [3.05, 3.63) is 108 Å². The molecule has 0 spiro atoms. The summed E-state index contributed by atoms with van der Waals surface area (Å²) in [6, 6.07) is 16.8. The number of nitrogens with zero attached hydrogens (tertiary/aromatic N) is 2. The molecule has 1 amide bonds. The number of pyridine rings is 1. The molecule has 0 radical (unpaired) electrons. The number of Topliss-reactive ketones (excluding diaryl/α,β-unsaturated/α-hetero) is 1. The van der Waals surface area contributed by atoms with E-state index in [-0.39, 0.29) is 17.9 Å². The van der Waals surface area contributed by atoms with Gasteiger partial charge in [-0.05, 0) is 60.0 Å². The highest BCUT2D eigenvalue weighted by molar-refractivity contribution is 6.46. The first kappa shape index (κ1) is 24.7. The molecule has 2 aromatic carbocycles. The Hall–Kier alpha value is -4.39. The van der Waals surface area contributed by atoms with E-state index in [0.717, 1.165) is 12.0 Å². The van der Waals surface area contributed by atoms with Crippen LogP contribution in [0, 0.1) is 0 Å². The largest absolute Gasteiger partial charge is 0.507 e. The summed E-state index contributed by atoms with van der Waals surface area (Å²) >= 11 is 0. The third-order valence-corrected chi connectivity index (χ3v) is 5.76. The van der Waals surface area contributed by atoms with Gasteiger partial charge in [0.2, 0.25) is 0 Å². The van der Waals surface area contributed by atoms with E-state index in [2.05, 4.69) is 11.6 Å². The van der Waals surface area contributed by atoms with E-state index in [4.69, 9.17) is 9.47 Å². The lowest BCUT2D eigenvalue weighted by molar-refractivity contribution is -0.140. The zero-order valence-corrected chi connectivity index (χ0v) is 20.1. The number of ketones is 1. The van der Waals surface area contributed by atoms with Gasteiger partial charge in [-0.1, -0.05) is 37.8 Å². The molecule has 4 rings (SSSR count). The maximum atomic E-state index is 13.3. The second kappa shape index (κ2) is 11.4. The van der Waals surface area contributed by atoms with Crippen LogP contribution in [-0.2, 0) is 16.1 Å². The number of hydrogen-bond acceptors (Lipinski definition) is 6. The number of benzene rings is 2. The molecule has 0 saturated carbocycles. The number of amides is 1. The maximum Gasteiger partial charge on any atom is 0.295 e. The van der Waals surface area contributed by atoms with Crippen molar-refractivity contribution in [2.45, 2.75) is 25.9 Å². The van der Waals surface area contributed by atoms with Crippen LogP contribution in [0.5, 0.6) is 11.5 Å². The van der Waals surface area contributed by atoms with E-state index in [9.17, 15) is 14.7 Å². The highest BCUT2D eigenvalue weighted by atomic mass is 16.5. The Labute approximate surface area is 210 Å². The molecular formula is C29H28N2O5. The van der Waals surface area contributed by atoms with E-state index in [0.29, 0.717) is 35.8 Å². The highest BCUT2D eigenvalue weighted by Gasteiger charge is 2.46. The van der Waals surface area contributed by atoms with Gasteiger partial charge >= 0.3 is 0 Å². The SMILES string of the molecule is C=CCOc1cccc(C2C(=C(O)c3ccc(OCCC)cc3)C(=O)C(=O)N2Cc2cccnc2)c1. The van der Waals surface area contributed by atoms with Gasteiger partial charge in [-0.2, -0.15) is 0 Å². The van der Waals surface area contributed by atoms with Crippen molar-refractivity contribution < 1.29 is 24.2 Å². The lowest BCUT2D eigenvalue weighted by atomic mass is 9.95. The second-order valence-corrected chi connectivity index (χ2v) is 8.33. The maximum absolute atomic E-state index is 13.3. The third kappa shape index (κ3) is 5.30. The van der Waals surface area contributed by atoms with Crippen molar-refractivity contribution in [3.8, 4) is 11.5 Å². The molecule has 1 aromatic heterocycles. The number of rotatable bonds is 10. The predicted octanol–water partition coefficient (Wildman–Crippen LogP) is 5.06. The van der Waals surface area contributed by atoms with Gasteiger partial charge in [-0.3, -0.25) is 14.6 Å². The van der Waals surface area contributed by atoms with Gasteiger partial charge in [0.25, 0.3) is 11.7 Å². The Bertz CT molecular complexity index is 1270. The van der Waals surface area contributed by atoms with Gasteiger partial charge in [0, 0.05) is 24.5 Å². The summed E-state index contributed by atoms with van der Waals surface area (Å²) in [6.07, 6.45) is 5.80. The number of aromatic nitrogens is 1. The van der Waals surface area contributed by atoms with Gasteiger partial charge in [0.05, 0.1) is 18.2 Å². The van der Waals surface area contributed by atoms with Gasteiger partial charge in [0.15, 0.2) is 0 Å². The summed E-state index contributed by atoms with van der Waals surface area (Å²) in [6.45, 7) is 6.73. The third-order valence-electron chi connectivity index (χ3n) is 5.76.